The normalized spacial score (nSPS) is 15.6. The average molecular weight is 391 g/mol. The number of hydrogen-bond acceptors (Lipinski definition) is 5. The zero-order valence-corrected chi connectivity index (χ0v) is 16.1. The molecule has 1 unspecified atom stereocenters. The van der Waals surface area contributed by atoms with E-state index in [9.17, 15) is 9.59 Å². The van der Waals surface area contributed by atoms with Crippen LogP contribution in [0.15, 0.2) is 70.4 Å². The van der Waals surface area contributed by atoms with Crippen molar-refractivity contribution >= 4 is 16.9 Å². The summed E-state index contributed by atoms with van der Waals surface area (Å²) >= 11 is 0. The van der Waals surface area contributed by atoms with Crippen molar-refractivity contribution in [3.8, 4) is 5.75 Å². The number of hydrogen-bond donors (Lipinski definition) is 0. The highest BCUT2D eigenvalue weighted by Crippen LogP contribution is 2.38. The predicted octanol–water partition coefficient (Wildman–Crippen LogP) is 3.55. The van der Waals surface area contributed by atoms with Crippen LogP contribution in [0.3, 0.4) is 0 Å². The molecule has 6 heteroatoms. The summed E-state index contributed by atoms with van der Waals surface area (Å²) < 4.78 is 16.7. The lowest BCUT2D eigenvalue weighted by molar-refractivity contribution is 0.0663. The maximum atomic E-state index is 13.3. The van der Waals surface area contributed by atoms with Crippen LogP contribution < -0.4 is 10.2 Å². The SMILES string of the molecule is C=CCOc1cccc(C2c3c(oc4ccccc4c3=O)C(=O)N2CCOC)c1. The summed E-state index contributed by atoms with van der Waals surface area (Å²) in [7, 11) is 1.57. The molecule has 1 aliphatic rings. The van der Waals surface area contributed by atoms with Gasteiger partial charge in [0.25, 0.3) is 5.91 Å². The molecular weight excluding hydrogens is 370 g/mol. The first kappa shape index (κ1) is 19.0. The van der Waals surface area contributed by atoms with Gasteiger partial charge in [-0.25, -0.2) is 0 Å². The minimum Gasteiger partial charge on any atom is -0.490 e. The molecule has 1 atom stereocenters. The second-order valence-corrected chi connectivity index (χ2v) is 6.74. The van der Waals surface area contributed by atoms with Gasteiger partial charge in [0.2, 0.25) is 5.76 Å². The van der Waals surface area contributed by atoms with E-state index in [1.54, 1.807) is 42.4 Å². The third-order valence-corrected chi connectivity index (χ3v) is 4.95. The van der Waals surface area contributed by atoms with E-state index in [1.165, 1.54) is 0 Å². The molecule has 2 aromatic carbocycles. The minimum atomic E-state index is -0.569. The number of amides is 1. The van der Waals surface area contributed by atoms with Gasteiger partial charge in [-0.1, -0.05) is 36.9 Å². The molecule has 29 heavy (non-hydrogen) atoms. The van der Waals surface area contributed by atoms with Gasteiger partial charge >= 0.3 is 0 Å². The maximum Gasteiger partial charge on any atom is 0.290 e. The topological polar surface area (TPSA) is 69.0 Å². The van der Waals surface area contributed by atoms with Gasteiger partial charge < -0.3 is 18.8 Å². The van der Waals surface area contributed by atoms with Gasteiger partial charge in [0.05, 0.1) is 23.6 Å². The van der Waals surface area contributed by atoms with Gasteiger partial charge in [-0.2, -0.15) is 0 Å². The minimum absolute atomic E-state index is 0.0900. The van der Waals surface area contributed by atoms with E-state index < -0.39 is 6.04 Å². The Kier molecular flexibility index (Phi) is 5.18. The Morgan fingerprint density at radius 2 is 2.00 bits per heavy atom. The molecule has 6 nitrogen and oxygen atoms in total. The van der Waals surface area contributed by atoms with Crippen LogP contribution in [0.4, 0.5) is 0 Å². The molecule has 148 valence electrons. The number of carbonyl (C=O) groups excluding carboxylic acids is 1. The van der Waals surface area contributed by atoms with Crippen LogP contribution >= 0.6 is 0 Å². The molecule has 0 saturated carbocycles. The lowest BCUT2D eigenvalue weighted by Crippen LogP contribution is -2.32. The van der Waals surface area contributed by atoms with Crippen molar-refractivity contribution in [1.82, 2.24) is 4.90 Å². The quantitative estimate of drug-likeness (QED) is 0.576. The molecule has 0 saturated heterocycles. The van der Waals surface area contributed by atoms with Crippen LogP contribution in [0.25, 0.3) is 11.0 Å². The molecule has 0 spiro atoms. The Hall–Kier alpha value is -3.38. The van der Waals surface area contributed by atoms with Crippen molar-refractivity contribution in [1.29, 1.82) is 0 Å². The monoisotopic (exact) mass is 391 g/mol. The largest absolute Gasteiger partial charge is 0.490 e. The van der Waals surface area contributed by atoms with Crippen LogP contribution in [-0.2, 0) is 4.74 Å². The third-order valence-electron chi connectivity index (χ3n) is 4.95. The van der Waals surface area contributed by atoms with E-state index in [2.05, 4.69) is 6.58 Å². The van der Waals surface area contributed by atoms with E-state index in [1.807, 2.05) is 24.3 Å². The van der Waals surface area contributed by atoms with Crippen molar-refractivity contribution in [2.24, 2.45) is 0 Å². The van der Waals surface area contributed by atoms with Crippen molar-refractivity contribution < 1.29 is 18.7 Å². The predicted molar refractivity (Wildman–Crippen MR) is 109 cm³/mol. The Balaban J connectivity index is 1.89. The molecule has 1 amide bonds. The summed E-state index contributed by atoms with van der Waals surface area (Å²) in [6.45, 7) is 4.70. The number of rotatable bonds is 7. The Morgan fingerprint density at radius 3 is 2.79 bits per heavy atom. The van der Waals surface area contributed by atoms with Crippen molar-refractivity contribution in [3.63, 3.8) is 0 Å². The van der Waals surface area contributed by atoms with Gasteiger partial charge in [-0.3, -0.25) is 9.59 Å². The van der Waals surface area contributed by atoms with E-state index >= 15 is 0 Å². The third kappa shape index (κ3) is 3.32. The van der Waals surface area contributed by atoms with Gasteiger partial charge in [0, 0.05) is 13.7 Å². The molecule has 4 rings (SSSR count). The number of carbonyl (C=O) groups is 1. The molecule has 3 aromatic rings. The Bertz CT molecular complexity index is 1130. The fourth-order valence-corrected chi connectivity index (χ4v) is 3.66. The number of nitrogens with zero attached hydrogens (tertiary/aromatic N) is 1. The van der Waals surface area contributed by atoms with E-state index in [4.69, 9.17) is 13.9 Å². The van der Waals surface area contributed by atoms with Crippen LogP contribution in [-0.4, -0.2) is 37.7 Å². The lowest BCUT2D eigenvalue weighted by atomic mass is 9.98. The highest BCUT2D eigenvalue weighted by Gasteiger charge is 2.42. The summed E-state index contributed by atoms with van der Waals surface area (Å²) in [6, 6.07) is 13.8. The zero-order valence-electron chi connectivity index (χ0n) is 16.1. The second-order valence-electron chi connectivity index (χ2n) is 6.74. The molecule has 0 N–H and O–H groups in total. The standard InChI is InChI=1S/C23H21NO5/c1-3-12-28-16-8-6-7-15(14-16)20-19-21(25)17-9-4-5-10-18(17)29-22(19)23(26)24(20)11-13-27-2/h3-10,14,20H,1,11-13H2,2H3. The van der Waals surface area contributed by atoms with Gasteiger partial charge in [0.15, 0.2) is 5.43 Å². The Labute approximate surface area is 168 Å². The van der Waals surface area contributed by atoms with Crippen LogP contribution in [0.1, 0.15) is 27.7 Å². The number of ether oxygens (including phenoxy) is 2. The first-order valence-corrected chi connectivity index (χ1v) is 9.35. The van der Waals surface area contributed by atoms with Crippen LogP contribution in [0.5, 0.6) is 5.75 Å². The Morgan fingerprint density at radius 1 is 1.17 bits per heavy atom. The molecule has 0 aliphatic carbocycles. The summed E-state index contributed by atoms with van der Waals surface area (Å²) in [6.07, 6.45) is 1.66. The second kappa shape index (κ2) is 7.93. The van der Waals surface area contributed by atoms with Gasteiger partial charge in [-0.15, -0.1) is 0 Å². The number of fused-ring (bicyclic) bond motifs is 2. The van der Waals surface area contributed by atoms with Crippen LogP contribution in [0, 0.1) is 0 Å². The van der Waals surface area contributed by atoms with Crippen molar-refractivity contribution in [2.45, 2.75) is 6.04 Å². The summed E-state index contributed by atoms with van der Waals surface area (Å²) in [4.78, 5) is 28.1. The lowest BCUT2D eigenvalue weighted by Gasteiger charge is -2.25. The van der Waals surface area contributed by atoms with E-state index in [0.29, 0.717) is 42.0 Å². The van der Waals surface area contributed by atoms with Crippen molar-refractivity contribution in [2.75, 3.05) is 26.9 Å². The highest BCUT2D eigenvalue weighted by atomic mass is 16.5. The average Bonchev–Trinajstić information content (AvgIpc) is 3.03. The van der Waals surface area contributed by atoms with E-state index in [-0.39, 0.29) is 17.1 Å². The van der Waals surface area contributed by atoms with Gasteiger partial charge in [0.1, 0.15) is 17.9 Å². The number of benzene rings is 2. The first-order valence-electron chi connectivity index (χ1n) is 9.35. The van der Waals surface area contributed by atoms with Crippen LogP contribution in [0.2, 0.25) is 0 Å². The first-order chi connectivity index (χ1) is 14.2. The maximum absolute atomic E-state index is 13.3. The smallest absolute Gasteiger partial charge is 0.290 e. The zero-order chi connectivity index (χ0) is 20.4. The molecule has 1 aromatic heterocycles. The summed E-state index contributed by atoms with van der Waals surface area (Å²) in [5.74, 6) is 0.412. The number of methoxy groups -OCH3 is 1. The molecule has 0 fully saturated rings. The molecule has 0 bridgehead atoms. The van der Waals surface area contributed by atoms with E-state index in [0.717, 1.165) is 5.56 Å². The highest BCUT2D eigenvalue weighted by molar-refractivity contribution is 5.99. The molecule has 1 aliphatic heterocycles. The molecule has 0 radical (unpaired) electrons. The fraction of sp³-hybridized carbons (Fsp3) is 0.217. The number of para-hydroxylation sites is 1. The van der Waals surface area contributed by atoms with Gasteiger partial charge in [-0.05, 0) is 29.8 Å². The fourth-order valence-electron chi connectivity index (χ4n) is 3.66. The molecular formula is C23H21NO5. The molecule has 2 heterocycles. The summed E-state index contributed by atoms with van der Waals surface area (Å²) in [5, 5.41) is 0.455. The van der Waals surface area contributed by atoms with Crippen molar-refractivity contribution in [3.05, 3.63) is 88.3 Å². The summed E-state index contributed by atoms with van der Waals surface area (Å²) in [5.41, 5.74) is 1.33.